The number of hydrogen-bond acceptors (Lipinski definition) is 5. The quantitative estimate of drug-likeness (QED) is 0.687. The molecular formula is C22H30N4O2. The summed E-state index contributed by atoms with van der Waals surface area (Å²) in [4.78, 5) is 20.1. The molecule has 1 aliphatic heterocycles. The molecule has 3 rings (SSSR count). The number of hydrogen-bond donors (Lipinski definition) is 2. The molecule has 1 unspecified atom stereocenters. The van der Waals surface area contributed by atoms with Crippen LogP contribution in [0.25, 0.3) is 0 Å². The molecule has 0 radical (unpaired) electrons. The Kier molecular flexibility index (Phi) is 6.65. The van der Waals surface area contributed by atoms with Crippen LogP contribution in [0.5, 0.6) is 0 Å². The van der Waals surface area contributed by atoms with Gasteiger partial charge in [-0.25, -0.2) is 4.98 Å². The van der Waals surface area contributed by atoms with Crippen LogP contribution < -0.4 is 10.6 Å². The lowest BCUT2D eigenvalue weighted by Gasteiger charge is -2.38. The molecule has 0 spiro atoms. The number of aromatic nitrogens is 1. The van der Waals surface area contributed by atoms with Gasteiger partial charge in [-0.05, 0) is 37.6 Å². The van der Waals surface area contributed by atoms with Gasteiger partial charge in [0.2, 0.25) is 5.91 Å². The number of pyridine rings is 1. The molecule has 1 aliphatic rings. The van der Waals surface area contributed by atoms with E-state index in [2.05, 4.69) is 33.7 Å². The first-order chi connectivity index (χ1) is 13.5. The zero-order chi connectivity index (χ0) is 20.0. The predicted molar refractivity (Wildman–Crippen MR) is 111 cm³/mol. The van der Waals surface area contributed by atoms with E-state index in [1.807, 2.05) is 38.2 Å². The minimum Gasteiger partial charge on any atom is -0.385 e. The highest BCUT2D eigenvalue weighted by atomic mass is 16.5. The van der Waals surface area contributed by atoms with Gasteiger partial charge in [0.1, 0.15) is 11.2 Å². The molecule has 28 heavy (non-hydrogen) atoms. The van der Waals surface area contributed by atoms with Gasteiger partial charge >= 0.3 is 0 Å². The van der Waals surface area contributed by atoms with Gasteiger partial charge in [0.15, 0.2) is 0 Å². The number of ether oxygens (including phenoxy) is 1. The van der Waals surface area contributed by atoms with E-state index in [-0.39, 0.29) is 5.91 Å². The number of anilines is 1. The van der Waals surface area contributed by atoms with Crippen LogP contribution in [0.1, 0.15) is 30.2 Å². The topological polar surface area (TPSA) is 66.5 Å². The average molecular weight is 383 g/mol. The van der Waals surface area contributed by atoms with E-state index in [4.69, 9.17) is 9.72 Å². The number of carbonyl (C=O) groups excluding carboxylic acids is 1. The van der Waals surface area contributed by atoms with Gasteiger partial charge in [0.25, 0.3) is 0 Å². The van der Waals surface area contributed by atoms with Crippen molar-refractivity contribution < 1.29 is 9.53 Å². The molecule has 2 heterocycles. The van der Waals surface area contributed by atoms with Crippen molar-refractivity contribution in [3.63, 3.8) is 0 Å². The summed E-state index contributed by atoms with van der Waals surface area (Å²) in [6.07, 6.45) is 0.799. The normalized spacial score (nSPS) is 19.1. The summed E-state index contributed by atoms with van der Waals surface area (Å²) in [7, 11) is 3.71. The lowest BCUT2D eigenvalue weighted by Crippen LogP contribution is -2.52. The molecule has 1 atom stereocenters. The molecular weight excluding hydrogens is 352 g/mol. The highest BCUT2D eigenvalue weighted by Crippen LogP contribution is 2.33. The average Bonchev–Trinajstić information content (AvgIpc) is 2.70. The van der Waals surface area contributed by atoms with Gasteiger partial charge in [-0.2, -0.15) is 0 Å². The van der Waals surface area contributed by atoms with Crippen LogP contribution in [-0.4, -0.2) is 49.6 Å². The van der Waals surface area contributed by atoms with Crippen molar-refractivity contribution in [2.24, 2.45) is 0 Å². The second-order valence-corrected chi connectivity index (χ2v) is 7.65. The molecule has 1 aromatic carbocycles. The molecule has 0 saturated heterocycles. The van der Waals surface area contributed by atoms with Gasteiger partial charge in [-0.15, -0.1) is 0 Å². The first kappa shape index (κ1) is 20.3. The Bertz CT molecular complexity index is 796. The summed E-state index contributed by atoms with van der Waals surface area (Å²) in [5, 5.41) is 6.45. The zero-order valence-corrected chi connectivity index (χ0v) is 17.0. The summed E-state index contributed by atoms with van der Waals surface area (Å²) in [6.45, 7) is 5.37. The van der Waals surface area contributed by atoms with E-state index in [0.29, 0.717) is 26.2 Å². The van der Waals surface area contributed by atoms with Gasteiger partial charge in [0, 0.05) is 39.9 Å². The zero-order valence-electron chi connectivity index (χ0n) is 17.0. The number of methoxy groups -OCH3 is 1. The molecule has 0 aliphatic carbocycles. The Hall–Kier alpha value is -2.44. The standard InChI is InChI=1S/C22H30N4O2/c1-22(21(27)23-12-7-13-28-3)16-26(2)15-18-10-11-19(25-20(18)22)24-14-17-8-5-4-6-9-17/h4-6,8-11H,7,12-16H2,1-3H3,(H,23,27)(H,24,25). The molecule has 2 N–H and O–H groups in total. The maximum atomic E-state index is 13.0. The fourth-order valence-corrected chi connectivity index (χ4v) is 3.73. The number of likely N-dealkylation sites (N-methyl/N-ethyl adjacent to an activating group) is 1. The van der Waals surface area contributed by atoms with E-state index in [1.165, 1.54) is 5.56 Å². The van der Waals surface area contributed by atoms with E-state index < -0.39 is 5.41 Å². The maximum Gasteiger partial charge on any atom is 0.233 e. The molecule has 0 fully saturated rings. The van der Waals surface area contributed by atoms with E-state index in [9.17, 15) is 4.79 Å². The van der Waals surface area contributed by atoms with Gasteiger partial charge in [0.05, 0.1) is 5.69 Å². The number of nitrogens with zero attached hydrogens (tertiary/aromatic N) is 2. The molecule has 2 aromatic rings. The van der Waals surface area contributed by atoms with Crippen molar-refractivity contribution >= 4 is 11.7 Å². The highest BCUT2D eigenvalue weighted by molar-refractivity contribution is 5.88. The Morgan fingerprint density at radius 1 is 1.25 bits per heavy atom. The van der Waals surface area contributed by atoms with Crippen molar-refractivity contribution in [2.45, 2.75) is 31.8 Å². The van der Waals surface area contributed by atoms with Crippen LogP contribution >= 0.6 is 0 Å². The summed E-state index contributed by atoms with van der Waals surface area (Å²) >= 11 is 0. The lowest BCUT2D eigenvalue weighted by molar-refractivity contribution is -0.127. The second kappa shape index (κ2) is 9.17. The molecule has 6 heteroatoms. The van der Waals surface area contributed by atoms with Crippen LogP contribution in [0.15, 0.2) is 42.5 Å². The number of fused-ring (bicyclic) bond motifs is 1. The van der Waals surface area contributed by atoms with Crippen molar-refractivity contribution in [3.8, 4) is 0 Å². The third kappa shape index (κ3) is 4.69. The molecule has 1 amide bonds. The van der Waals surface area contributed by atoms with Crippen LogP contribution in [-0.2, 0) is 28.0 Å². The van der Waals surface area contributed by atoms with Crippen molar-refractivity contribution in [1.29, 1.82) is 0 Å². The molecule has 1 aromatic heterocycles. The third-order valence-corrected chi connectivity index (χ3v) is 5.16. The SMILES string of the molecule is COCCCNC(=O)C1(C)CN(C)Cc2ccc(NCc3ccccc3)nc21. The monoisotopic (exact) mass is 382 g/mol. The summed E-state index contributed by atoms with van der Waals surface area (Å²) in [5.41, 5.74) is 2.49. The molecule has 0 saturated carbocycles. The number of nitrogens with one attached hydrogen (secondary N) is 2. The summed E-state index contributed by atoms with van der Waals surface area (Å²) < 4.78 is 5.07. The van der Waals surface area contributed by atoms with Gasteiger partial charge in [-0.1, -0.05) is 36.4 Å². The third-order valence-electron chi connectivity index (χ3n) is 5.16. The largest absolute Gasteiger partial charge is 0.385 e. The smallest absolute Gasteiger partial charge is 0.233 e. The number of carbonyl (C=O) groups is 1. The summed E-state index contributed by atoms with van der Waals surface area (Å²) in [6, 6.07) is 14.3. The first-order valence-electron chi connectivity index (χ1n) is 9.77. The number of rotatable bonds is 8. The van der Waals surface area contributed by atoms with E-state index in [0.717, 1.165) is 30.0 Å². The maximum absolute atomic E-state index is 13.0. The van der Waals surface area contributed by atoms with Crippen LogP contribution in [0, 0.1) is 0 Å². The predicted octanol–water partition coefficient (Wildman–Crippen LogP) is 2.55. The molecule has 6 nitrogen and oxygen atoms in total. The fourth-order valence-electron chi connectivity index (χ4n) is 3.73. The van der Waals surface area contributed by atoms with Crippen molar-refractivity contribution in [2.75, 3.05) is 39.2 Å². The highest BCUT2D eigenvalue weighted by Gasteiger charge is 2.42. The number of amides is 1. The van der Waals surface area contributed by atoms with E-state index >= 15 is 0 Å². The number of benzene rings is 1. The minimum absolute atomic E-state index is 0.0177. The van der Waals surface area contributed by atoms with E-state index in [1.54, 1.807) is 7.11 Å². The van der Waals surface area contributed by atoms with Crippen LogP contribution in [0.2, 0.25) is 0 Å². The Morgan fingerprint density at radius 3 is 2.79 bits per heavy atom. The Balaban J connectivity index is 1.77. The van der Waals surface area contributed by atoms with Crippen LogP contribution in [0.3, 0.4) is 0 Å². The van der Waals surface area contributed by atoms with Gasteiger partial charge < -0.3 is 20.3 Å². The minimum atomic E-state index is -0.681. The Morgan fingerprint density at radius 2 is 2.04 bits per heavy atom. The summed E-state index contributed by atoms with van der Waals surface area (Å²) in [5.74, 6) is 0.815. The van der Waals surface area contributed by atoms with Gasteiger partial charge in [-0.3, -0.25) is 4.79 Å². The van der Waals surface area contributed by atoms with Crippen molar-refractivity contribution in [1.82, 2.24) is 15.2 Å². The Labute approximate surface area is 167 Å². The van der Waals surface area contributed by atoms with Crippen LogP contribution in [0.4, 0.5) is 5.82 Å². The molecule has 0 bridgehead atoms. The first-order valence-corrected chi connectivity index (χ1v) is 9.77. The molecule has 150 valence electrons. The second-order valence-electron chi connectivity index (χ2n) is 7.65. The fraction of sp³-hybridized carbons (Fsp3) is 0.455. The lowest BCUT2D eigenvalue weighted by atomic mass is 9.79. The van der Waals surface area contributed by atoms with Crippen molar-refractivity contribution in [3.05, 3.63) is 59.3 Å².